The van der Waals surface area contributed by atoms with Crippen LogP contribution in [0.25, 0.3) is 22.4 Å². The van der Waals surface area contributed by atoms with Crippen molar-refractivity contribution < 1.29 is 4.74 Å². The molecule has 0 fully saturated rings. The van der Waals surface area contributed by atoms with E-state index in [0.717, 1.165) is 16.8 Å². The van der Waals surface area contributed by atoms with Crippen molar-refractivity contribution in [1.82, 2.24) is 9.97 Å². The second-order valence-electron chi connectivity index (χ2n) is 4.79. The van der Waals surface area contributed by atoms with Gasteiger partial charge in [0.05, 0.1) is 17.9 Å². The summed E-state index contributed by atoms with van der Waals surface area (Å²) in [6.45, 7) is 2.36. The van der Waals surface area contributed by atoms with E-state index in [4.69, 9.17) is 4.74 Å². The summed E-state index contributed by atoms with van der Waals surface area (Å²) < 4.78 is 5.65. The maximum absolute atomic E-state index is 12.6. The minimum Gasteiger partial charge on any atom is -0.479 e. The Labute approximate surface area is 128 Å². The van der Waals surface area contributed by atoms with Crippen molar-refractivity contribution in [2.75, 3.05) is 6.61 Å². The topological polar surface area (TPSA) is 55.0 Å². The molecule has 3 rings (SSSR count). The van der Waals surface area contributed by atoms with Gasteiger partial charge in [0, 0.05) is 24.0 Å². The lowest BCUT2D eigenvalue weighted by Gasteiger charge is -2.12. The predicted octanol–water partition coefficient (Wildman–Crippen LogP) is 3.50. The Morgan fingerprint density at radius 2 is 1.86 bits per heavy atom. The molecular weight excluding hydrogens is 276 g/mol. The van der Waals surface area contributed by atoms with Crippen LogP contribution in [-0.4, -0.2) is 16.6 Å². The highest BCUT2D eigenvalue weighted by atomic mass is 16.5. The van der Waals surface area contributed by atoms with Crippen LogP contribution < -0.4 is 10.2 Å². The van der Waals surface area contributed by atoms with Crippen LogP contribution in [0.2, 0.25) is 0 Å². The van der Waals surface area contributed by atoms with Crippen molar-refractivity contribution in [2.24, 2.45) is 0 Å². The van der Waals surface area contributed by atoms with Gasteiger partial charge in [-0.25, -0.2) is 0 Å². The summed E-state index contributed by atoms with van der Waals surface area (Å²) in [5.41, 5.74) is 2.84. The van der Waals surface area contributed by atoms with Gasteiger partial charge < -0.3 is 9.72 Å². The first-order valence-corrected chi connectivity index (χ1v) is 7.15. The molecule has 3 aromatic rings. The number of nitrogens with one attached hydrogen (secondary N) is 1. The zero-order valence-corrected chi connectivity index (χ0v) is 12.2. The zero-order chi connectivity index (χ0) is 15.4. The molecule has 1 aromatic carbocycles. The molecule has 4 heteroatoms. The van der Waals surface area contributed by atoms with Crippen molar-refractivity contribution in [3.63, 3.8) is 0 Å². The largest absolute Gasteiger partial charge is 0.479 e. The Morgan fingerprint density at radius 3 is 2.55 bits per heavy atom. The van der Waals surface area contributed by atoms with Gasteiger partial charge >= 0.3 is 0 Å². The summed E-state index contributed by atoms with van der Waals surface area (Å²) in [7, 11) is 0. The summed E-state index contributed by atoms with van der Waals surface area (Å²) in [5.74, 6) is 0.474. The first-order chi connectivity index (χ1) is 10.8. The minimum absolute atomic E-state index is 0.0888. The second-order valence-corrected chi connectivity index (χ2v) is 4.79. The van der Waals surface area contributed by atoms with Gasteiger partial charge in [0.2, 0.25) is 5.88 Å². The molecule has 1 N–H and O–H groups in total. The third kappa shape index (κ3) is 2.76. The fourth-order valence-corrected chi connectivity index (χ4v) is 2.35. The van der Waals surface area contributed by atoms with Crippen LogP contribution in [0.15, 0.2) is 65.7 Å². The number of aromatic nitrogens is 2. The monoisotopic (exact) mass is 292 g/mol. The molecule has 2 aromatic heterocycles. The van der Waals surface area contributed by atoms with Gasteiger partial charge in [-0.05, 0) is 18.6 Å². The van der Waals surface area contributed by atoms with Gasteiger partial charge in [-0.15, -0.1) is 0 Å². The lowest BCUT2D eigenvalue weighted by atomic mass is 10.1. The maximum Gasteiger partial charge on any atom is 0.203 e. The maximum atomic E-state index is 12.6. The SMILES string of the molecule is CCOc1[nH]c(-c2ccccc2)cc(=O)c1-c1cccnc1. The standard InChI is InChI=1S/C18H16N2O2/c1-2-22-18-17(14-9-6-10-19-12-14)16(21)11-15(20-18)13-7-4-3-5-8-13/h3-12H,2H2,1H3,(H,20,21). The number of rotatable bonds is 4. The molecule has 0 atom stereocenters. The molecule has 22 heavy (non-hydrogen) atoms. The molecular formula is C18H16N2O2. The van der Waals surface area contributed by atoms with Crippen molar-refractivity contribution in [3.05, 3.63) is 71.1 Å². The fraction of sp³-hybridized carbons (Fsp3) is 0.111. The van der Waals surface area contributed by atoms with E-state index in [0.29, 0.717) is 18.1 Å². The molecule has 0 bridgehead atoms. The molecule has 0 aliphatic rings. The summed E-state index contributed by atoms with van der Waals surface area (Å²) in [6, 6.07) is 15.0. The van der Waals surface area contributed by atoms with E-state index in [1.165, 1.54) is 0 Å². The molecule has 0 spiro atoms. The van der Waals surface area contributed by atoms with E-state index in [2.05, 4.69) is 9.97 Å². The number of hydrogen-bond acceptors (Lipinski definition) is 3. The normalized spacial score (nSPS) is 10.4. The van der Waals surface area contributed by atoms with Crippen LogP contribution in [-0.2, 0) is 0 Å². The van der Waals surface area contributed by atoms with Crippen LogP contribution in [0.4, 0.5) is 0 Å². The van der Waals surface area contributed by atoms with Gasteiger partial charge in [-0.1, -0.05) is 36.4 Å². The van der Waals surface area contributed by atoms with Crippen molar-refractivity contribution in [2.45, 2.75) is 6.92 Å². The number of nitrogens with zero attached hydrogens (tertiary/aromatic N) is 1. The molecule has 0 aliphatic carbocycles. The molecule has 0 aliphatic heterocycles. The Balaban J connectivity index is 2.18. The Kier molecular flexibility index (Phi) is 4.01. The summed E-state index contributed by atoms with van der Waals surface area (Å²) in [5, 5.41) is 0. The Hall–Kier alpha value is -2.88. The molecule has 0 saturated heterocycles. The van der Waals surface area contributed by atoms with Crippen LogP contribution in [0.1, 0.15) is 6.92 Å². The average molecular weight is 292 g/mol. The summed E-state index contributed by atoms with van der Waals surface area (Å²) >= 11 is 0. The van der Waals surface area contributed by atoms with Crippen molar-refractivity contribution >= 4 is 0 Å². The smallest absolute Gasteiger partial charge is 0.203 e. The number of benzene rings is 1. The lowest BCUT2D eigenvalue weighted by molar-refractivity contribution is 0.328. The van der Waals surface area contributed by atoms with Crippen molar-refractivity contribution in [3.8, 4) is 28.3 Å². The molecule has 4 nitrogen and oxygen atoms in total. The van der Waals surface area contributed by atoms with E-state index >= 15 is 0 Å². The third-order valence-electron chi connectivity index (χ3n) is 3.32. The van der Waals surface area contributed by atoms with Gasteiger partial charge in [-0.3, -0.25) is 9.78 Å². The quantitative estimate of drug-likeness (QED) is 0.800. The fourth-order valence-electron chi connectivity index (χ4n) is 2.35. The van der Waals surface area contributed by atoms with Crippen LogP contribution >= 0.6 is 0 Å². The van der Waals surface area contributed by atoms with E-state index < -0.39 is 0 Å². The molecule has 110 valence electrons. The van der Waals surface area contributed by atoms with E-state index in [1.54, 1.807) is 24.5 Å². The highest BCUT2D eigenvalue weighted by molar-refractivity contribution is 5.71. The van der Waals surface area contributed by atoms with Crippen LogP contribution in [0.3, 0.4) is 0 Å². The first kappa shape index (κ1) is 14.1. The minimum atomic E-state index is -0.0888. The number of aromatic amines is 1. The number of ether oxygens (including phenoxy) is 1. The number of hydrogen-bond donors (Lipinski definition) is 1. The summed E-state index contributed by atoms with van der Waals surface area (Å²) in [4.78, 5) is 19.9. The Morgan fingerprint density at radius 1 is 1.09 bits per heavy atom. The lowest BCUT2D eigenvalue weighted by Crippen LogP contribution is -2.10. The molecule has 2 heterocycles. The zero-order valence-electron chi connectivity index (χ0n) is 12.2. The second kappa shape index (κ2) is 6.26. The van der Waals surface area contributed by atoms with Gasteiger partial charge in [0.1, 0.15) is 0 Å². The van der Waals surface area contributed by atoms with Gasteiger partial charge in [0.25, 0.3) is 0 Å². The third-order valence-corrected chi connectivity index (χ3v) is 3.32. The van der Waals surface area contributed by atoms with Crippen molar-refractivity contribution in [1.29, 1.82) is 0 Å². The van der Waals surface area contributed by atoms with E-state index in [1.807, 2.05) is 43.3 Å². The van der Waals surface area contributed by atoms with E-state index in [-0.39, 0.29) is 5.43 Å². The van der Waals surface area contributed by atoms with E-state index in [9.17, 15) is 4.79 Å². The highest BCUT2D eigenvalue weighted by Gasteiger charge is 2.14. The highest BCUT2D eigenvalue weighted by Crippen LogP contribution is 2.27. The van der Waals surface area contributed by atoms with Gasteiger partial charge in [-0.2, -0.15) is 0 Å². The molecule has 0 saturated carbocycles. The molecule has 0 radical (unpaired) electrons. The summed E-state index contributed by atoms with van der Waals surface area (Å²) in [6.07, 6.45) is 3.34. The van der Waals surface area contributed by atoms with Crippen LogP contribution in [0, 0.1) is 0 Å². The number of pyridine rings is 2. The molecule has 0 amide bonds. The Bertz CT molecular complexity index is 811. The predicted molar refractivity (Wildman–Crippen MR) is 86.9 cm³/mol. The van der Waals surface area contributed by atoms with Gasteiger partial charge in [0.15, 0.2) is 5.43 Å². The number of H-pyrrole nitrogens is 1. The molecule has 0 unspecified atom stereocenters. The van der Waals surface area contributed by atoms with Crippen LogP contribution in [0.5, 0.6) is 5.88 Å². The first-order valence-electron chi connectivity index (χ1n) is 7.15. The average Bonchev–Trinajstić information content (AvgIpc) is 2.56.